The molecule has 0 aliphatic heterocycles. The zero-order valence-corrected chi connectivity index (χ0v) is 12.3. The average molecular weight is 310 g/mol. The largest absolute Gasteiger partial charge is 0.326 e. The third kappa shape index (κ3) is 4.23. The Kier molecular flexibility index (Phi) is 4.42. The zero-order chi connectivity index (χ0) is 16.1. The molecule has 5 nitrogen and oxygen atoms in total. The first-order valence-electron chi connectivity index (χ1n) is 7.18. The van der Waals surface area contributed by atoms with Crippen LogP contribution in [0.3, 0.4) is 0 Å². The number of nitrogens with one attached hydrogen (secondary N) is 2. The Morgan fingerprint density at radius 3 is 2.74 bits per heavy atom. The van der Waals surface area contributed by atoms with Crippen molar-refractivity contribution in [3.8, 4) is 0 Å². The van der Waals surface area contributed by atoms with Gasteiger partial charge in [-0.2, -0.15) is 5.10 Å². The number of hydrogen-bond acceptors (Lipinski definition) is 3. The zero-order valence-electron chi connectivity index (χ0n) is 12.3. The highest BCUT2D eigenvalue weighted by atomic mass is 19.1. The van der Waals surface area contributed by atoms with Crippen LogP contribution in [0.15, 0.2) is 54.6 Å². The molecule has 0 saturated carbocycles. The summed E-state index contributed by atoms with van der Waals surface area (Å²) < 4.78 is 13.1. The Labute approximate surface area is 132 Å². The van der Waals surface area contributed by atoms with Gasteiger partial charge in [0.15, 0.2) is 5.82 Å². The fourth-order valence-corrected chi connectivity index (χ4v) is 2.20. The van der Waals surface area contributed by atoms with Crippen LogP contribution < -0.4 is 5.32 Å². The van der Waals surface area contributed by atoms with Crippen LogP contribution in [-0.2, 0) is 17.6 Å². The van der Waals surface area contributed by atoms with Crippen LogP contribution in [0.1, 0.15) is 17.2 Å². The second-order valence-electron chi connectivity index (χ2n) is 5.10. The number of nitrogens with zero attached hydrogens (tertiary/aromatic N) is 2. The molecule has 0 bridgehead atoms. The molecular formula is C17H15FN4O. The minimum absolute atomic E-state index is 0.0296. The number of anilines is 1. The van der Waals surface area contributed by atoms with Gasteiger partial charge in [0.1, 0.15) is 11.6 Å². The Morgan fingerprint density at radius 2 is 1.96 bits per heavy atom. The maximum absolute atomic E-state index is 13.1. The van der Waals surface area contributed by atoms with Gasteiger partial charge < -0.3 is 5.32 Å². The number of carbonyl (C=O) groups is 1. The molecule has 0 unspecified atom stereocenters. The van der Waals surface area contributed by atoms with Gasteiger partial charge in [0.05, 0.1) is 6.42 Å². The highest BCUT2D eigenvalue weighted by Crippen LogP contribution is 2.10. The van der Waals surface area contributed by atoms with Crippen molar-refractivity contribution >= 4 is 11.6 Å². The van der Waals surface area contributed by atoms with Crippen molar-refractivity contribution in [3.05, 3.63) is 77.6 Å². The van der Waals surface area contributed by atoms with Gasteiger partial charge in [0, 0.05) is 12.1 Å². The van der Waals surface area contributed by atoms with Gasteiger partial charge in [-0.3, -0.25) is 9.89 Å². The van der Waals surface area contributed by atoms with Crippen LogP contribution in [0.25, 0.3) is 0 Å². The smallest absolute Gasteiger partial charge is 0.232 e. The highest BCUT2D eigenvalue weighted by Gasteiger charge is 2.10. The number of benzene rings is 2. The molecule has 1 heterocycles. The molecule has 3 rings (SSSR count). The molecule has 0 atom stereocenters. The first-order valence-corrected chi connectivity index (χ1v) is 7.18. The average Bonchev–Trinajstić information content (AvgIpc) is 2.95. The van der Waals surface area contributed by atoms with Crippen LogP contribution in [0, 0.1) is 5.82 Å². The number of H-pyrrole nitrogens is 1. The van der Waals surface area contributed by atoms with Gasteiger partial charge in [-0.25, -0.2) is 9.37 Å². The number of halogens is 1. The third-order valence-corrected chi connectivity index (χ3v) is 3.22. The fraction of sp³-hybridized carbons (Fsp3) is 0.118. The maximum Gasteiger partial charge on any atom is 0.232 e. The van der Waals surface area contributed by atoms with E-state index >= 15 is 0 Å². The van der Waals surface area contributed by atoms with E-state index in [1.165, 1.54) is 18.2 Å². The monoisotopic (exact) mass is 310 g/mol. The summed E-state index contributed by atoms with van der Waals surface area (Å²) in [4.78, 5) is 16.2. The predicted octanol–water partition coefficient (Wildman–Crippen LogP) is 2.72. The van der Waals surface area contributed by atoms with Crippen LogP contribution >= 0.6 is 0 Å². The molecule has 116 valence electrons. The number of carbonyl (C=O) groups excluding carboxylic acids is 1. The molecule has 1 aromatic heterocycles. The first kappa shape index (κ1) is 14.9. The third-order valence-electron chi connectivity index (χ3n) is 3.22. The lowest BCUT2D eigenvalue weighted by atomic mass is 10.1. The number of rotatable bonds is 5. The molecular weight excluding hydrogens is 295 g/mol. The molecule has 2 N–H and O–H groups in total. The van der Waals surface area contributed by atoms with Crippen molar-refractivity contribution in [1.29, 1.82) is 0 Å². The summed E-state index contributed by atoms with van der Waals surface area (Å²) >= 11 is 0. The second kappa shape index (κ2) is 6.83. The van der Waals surface area contributed by atoms with Crippen LogP contribution in [0.4, 0.5) is 10.1 Å². The van der Waals surface area contributed by atoms with Crippen LogP contribution in [0.2, 0.25) is 0 Å². The lowest BCUT2D eigenvalue weighted by molar-refractivity contribution is -0.115. The molecule has 23 heavy (non-hydrogen) atoms. The van der Waals surface area contributed by atoms with Gasteiger partial charge in [-0.1, -0.05) is 36.4 Å². The van der Waals surface area contributed by atoms with Crippen molar-refractivity contribution in [1.82, 2.24) is 15.2 Å². The Hall–Kier alpha value is -3.02. The normalized spacial score (nSPS) is 10.5. The molecule has 3 aromatic rings. The lowest BCUT2D eigenvalue weighted by Gasteiger charge is -2.03. The van der Waals surface area contributed by atoms with E-state index in [0.29, 0.717) is 23.8 Å². The first-order chi connectivity index (χ1) is 11.2. The molecule has 0 aliphatic carbocycles. The number of aromatic nitrogens is 3. The summed E-state index contributed by atoms with van der Waals surface area (Å²) in [5.74, 6) is 0.418. The van der Waals surface area contributed by atoms with E-state index in [1.807, 2.05) is 30.3 Å². The summed E-state index contributed by atoms with van der Waals surface area (Å²) in [7, 11) is 0. The summed E-state index contributed by atoms with van der Waals surface area (Å²) in [5, 5.41) is 9.49. The van der Waals surface area contributed by atoms with E-state index in [0.717, 1.165) is 5.56 Å². The number of amides is 1. The van der Waals surface area contributed by atoms with E-state index in [4.69, 9.17) is 0 Å². The molecule has 6 heteroatoms. The molecule has 1 amide bonds. The molecule has 0 aliphatic rings. The van der Waals surface area contributed by atoms with Crippen molar-refractivity contribution in [2.45, 2.75) is 12.8 Å². The summed E-state index contributed by atoms with van der Waals surface area (Å²) in [6.07, 6.45) is 0.654. The molecule has 0 radical (unpaired) electrons. The van der Waals surface area contributed by atoms with E-state index in [1.54, 1.807) is 6.07 Å². The Bertz CT molecular complexity index is 801. The predicted molar refractivity (Wildman–Crippen MR) is 84.4 cm³/mol. The van der Waals surface area contributed by atoms with Gasteiger partial charge in [-0.05, 0) is 23.8 Å². The van der Waals surface area contributed by atoms with E-state index in [-0.39, 0.29) is 12.3 Å². The standard InChI is InChI=1S/C17H15FN4O/c18-13-7-4-8-14(10-13)19-17(23)11-16-20-15(21-22-16)9-12-5-2-1-3-6-12/h1-8,10H,9,11H2,(H,19,23)(H,20,21,22). The van der Waals surface area contributed by atoms with Crippen LogP contribution in [0.5, 0.6) is 0 Å². The van der Waals surface area contributed by atoms with Crippen LogP contribution in [-0.4, -0.2) is 21.1 Å². The Balaban J connectivity index is 1.59. The van der Waals surface area contributed by atoms with Crippen molar-refractivity contribution in [2.75, 3.05) is 5.32 Å². The number of hydrogen-bond donors (Lipinski definition) is 2. The van der Waals surface area contributed by atoms with E-state index < -0.39 is 5.82 Å². The van der Waals surface area contributed by atoms with E-state index in [9.17, 15) is 9.18 Å². The Morgan fingerprint density at radius 1 is 1.13 bits per heavy atom. The second-order valence-corrected chi connectivity index (χ2v) is 5.10. The van der Waals surface area contributed by atoms with Gasteiger partial charge in [0.2, 0.25) is 5.91 Å². The van der Waals surface area contributed by atoms with Crippen molar-refractivity contribution in [2.24, 2.45) is 0 Å². The quantitative estimate of drug-likeness (QED) is 0.761. The van der Waals surface area contributed by atoms with Crippen molar-refractivity contribution in [3.63, 3.8) is 0 Å². The molecule has 2 aromatic carbocycles. The molecule has 0 spiro atoms. The fourth-order valence-electron chi connectivity index (χ4n) is 2.20. The van der Waals surface area contributed by atoms with Gasteiger partial charge >= 0.3 is 0 Å². The van der Waals surface area contributed by atoms with Gasteiger partial charge in [0.25, 0.3) is 0 Å². The topological polar surface area (TPSA) is 70.7 Å². The van der Waals surface area contributed by atoms with E-state index in [2.05, 4.69) is 20.5 Å². The minimum atomic E-state index is -0.397. The molecule has 0 fully saturated rings. The lowest BCUT2D eigenvalue weighted by Crippen LogP contribution is -2.15. The summed E-state index contributed by atoms with van der Waals surface area (Å²) in [6.45, 7) is 0. The summed E-state index contributed by atoms with van der Waals surface area (Å²) in [6, 6.07) is 15.6. The maximum atomic E-state index is 13.1. The van der Waals surface area contributed by atoms with Gasteiger partial charge in [-0.15, -0.1) is 0 Å². The highest BCUT2D eigenvalue weighted by molar-refractivity contribution is 5.91. The van der Waals surface area contributed by atoms with Crippen molar-refractivity contribution < 1.29 is 9.18 Å². The molecule has 0 saturated heterocycles. The SMILES string of the molecule is O=C(Cc1n[nH]c(Cc2ccccc2)n1)Nc1cccc(F)c1. The minimum Gasteiger partial charge on any atom is -0.326 e. The summed E-state index contributed by atoms with van der Waals surface area (Å²) in [5.41, 5.74) is 1.52. The number of aromatic amines is 1.